The van der Waals surface area contributed by atoms with Gasteiger partial charge in [0.25, 0.3) is 5.91 Å². The lowest BCUT2D eigenvalue weighted by Gasteiger charge is -2.13. The Bertz CT molecular complexity index is 702. The van der Waals surface area contributed by atoms with Gasteiger partial charge in [-0.05, 0) is 44.5 Å². The second-order valence-electron chi connectivity index (χ2n) is 5.95. The standard InChI is InChI=1S/C17H26N2O6S/c1-5-12(2)18-16(20)11-25-17(21)14-6-8-15(9-7-14)26(22,23)19-13(3)10-24-4/h6-9,12-13,19H,5,10-11H2,1-4H3,(H,18,20)/t12-,13-/m0/s1. The number of hydrogen-bond acceptors (Lipinski definition) is 6. The second kappa shape index (κ2) is 10.2. The summed E-state index contributed by atoms with van der Waals surface area (Å²) in [5.41, 5.74) is 0.158. The van der Waals surface area contributed by atoms with E-state index in [1.165, 1.54) is 31.4 Å². The fourth-order valence-corrected chi connectivity index (χ4v) is 3.25. The van der Waals surface area contributed by atoms with Crippen molar-refractivity contribution in [2.24, 2.45) is 0 Å². The summed E-state index contributed by atoms with van der Waals surface area (Å²) >= 11 is 0. The molecule has 0 aliphatic carbocycles. The highest BCUT2D eigenvalue weighted by atomic mass is 32.2. The third-order valence-corrected chi connectivity index (χ3v) is 5.13. The predicted molar refractivity (Wildman–Crippen MR) is 96.3 cm³/mol. The molecular weight excluding hydrogens is 360 g/mol. The van der Waals surface area contributed by atoms with Gasteiger partial charge in [0.1, 0.15) is 0 Å². The minimum atomic E-state index is -3.71. The molecule has 0 radical (unpaired) electrons. The third kappa shape index (κ3) is 7.11. The Morgan fingerprint density at radius 2 is 1.73 bits per heavy atom. The summed E-state index contributed by atoms with van der Waals surface area (Å²) in [6.45, 7) is 5.30. The summed E-state index contributed by atoms with van der Waals surface area (Å²) in [4.78, 5) is 23.6. The van der Waals surface area contributed by atoms with Crippen LogP contribution in [0.25, 0.3) is 0 Å². The molecule has 0 saturated carbocycles. The number of carbonyl (C=O) groups is 2. The molecule has 8 nitrogen and oxygen atoms in total. The van der Waals surface area contributed by atoms with E-state index in [2.05, 4.69) is 10.0 Å². The van der Waals surface area contributed by atoms with Gasteiger partial charge in [0.15, 0.2) is 6.61 Å². The van der Waals surface area contributed by atoms with Crippen LogP contribution in [0.2, 0.25) is 0 Å². The Labute approximate surface area is 154 Å². The summed E-state index contributed by atoms with van der Waals surface area (Å²) in [7, 11) is -2.23. The molecule has 146 valence electrons. The van der Waals surface area contributed by atoms with Crippen LogP contribution in [0.4, 0.5) is 0 Å². The normalized spacial score (nSPS) is 13.7. The number of methoxy groups -OCH3 is 1. The molecular formula is C17H26N2O6S. The minimum Gasteiger partial charge on any atom is -0.452 e. The van der Waals surface area contributed by atoms with Crippen LogP contribution in [-0.4, -0.2) is 52.7 Å². The summed E-state index contributed by atoms with van der Waals surface area (Å²) in [5.74, 6) is -1.09. The summed E-state index contributed by atoms with van der Waals surface area (Å²) in [5, 5.41) is 2.68. The molecule has 0 fully saturated rings. The van der Waals surface area contributed by atoms with Gasteiger partial charge in [-0.15, -0.1) is 0 Å². The van der Waals surface area contributed by atoms with Gasteiger partial charge in [-0.3, -0.25) is 4.79 Å². The molecule has 0 heterocycles. The van der Waals surface area contributed by atoms with Crippen LogP contribution in [0.1, 0.15) is 37.6 Å². The van der Waals surface area contributed by atoms with Gasteiger partial charge in [0.05, 0.1) is 17.1 Å². The lowest BCUT2D eigenvalue weighted by Crippen LogP contribution is -2.35. The van der Waals surface area contributed by atoms with Crippen LogP contribution < -0.4 is 10.0 Å². The zero-order valence-corrected chi connectivity index (χ0v) is 16.3. The Hall–Kier alpha value is -1.97. The topological polar surface area (TPSA) is 111 Å². The summed E-state index contributed by atoms with van der Waals surface area (Å²) in [6.07, 6.45) is 0.770. The average Bonchev–Trinajstić information content (AvgIpc) is 2.59. The van der Waals surface area contributed by atoms with Crippen molar-refractivity contribution in [2.75, 3.05) is 20.3 Å². The number of hydrogen-bond donors (Lipinski definition) is 2. The van der Waals surface area contributed by atoms with Crippen LogP contribution >= 0.6 is 0 Å². The van der Waals surface area contributed by atoms with Crippen LogP contribution in [0.15, 0.2) is 29.2 Å². The Balaban J connectivity index is 2.66. The zero-order chi connectivity index (χ0) is 19.7. The van der Waals surface area contributed by atoms with Gasteiger partial charge in [-0.2, -0.15) is 0 Å². The van der Waals surface area contributed by atoms with Gasteiger partial charge in [-0.25, -0.2) is 17.9 Å². The van der Waals surface area contributed by atoms with Crippen molar-refractivity contribution in [2.45, 2.75) is 44.2 Å². The van der Waals surface area contributed by atoms with Gasteiger partial charge < -0.3 is 14.8 Å². The van der Waals surface area contributed by atoms with E-state index in [4.69, 9.17) is 9.47 Å². The largest absolute Gasteiger partial charge is 0.452 e. The third-order valence-electron chi connectivity index (χ3n) is 3.53. The van der Waals surface area contributed by atoms with Crippen molar-refractivity contribution >= 4 is 21.9 Å². The highest BCUT2D eigenvalue weighted by Gasteiger charge is 2.18. The molecule has 1 amide bonds. The SMILES string of the molecule is CC[C@H](C)NC(=O)COC(=O)c1ccc(S(=O)(=O)N[C@@H](C)COC)cc1. The first-order chi connectivity index (χ1) is 12.2. The van der Waals surface area contributed by atoms with E-state index >= 15 is 0 Å². The highest BCUT2D eigenvalue weighted by Crippen LogP contribution is 2.12. The van der Waals surface area contributed by atoms with E-state index in [-0.39, 0.29) is 35.6 Å². The van der Waals surface area contributed by atoms with Crippen molar-refractivity contribution in [3.63, 3.8) is 0 Å². The van der Waals surface area contributed by atoms with Crippen LogP contribution in [-0.2, 0) is 24.3 Å². The first-order valence-corrected chi connectivity index (χ1v) is 9.75. The Morgan fingerprint density at radius 3 is 2.27 bits per heavy atom. The van der Waals surface area contributed by atoms with Crippen molar-refractivity contribution < 1.29 is 27.5 Å². The molecule has 0 bridgehead atoms. The lowest BCUT2D eigenvalue weighted by atomic mass is 10.2. The fraction of sp³-hybridized carbons (Fsp3) is 0.529. The minimum absolute atomic E-state index is 0.00121. The van der Waals surface area contributed by atoms with E-state index in [1.54, 1.807) is 6.92 Å². The van der Waals surface area contributed by atoms with E-state index < -0.39 is 22.0 Å². The molecule has 0 aliphatic heterocycles. The molecule has 0 aromatic heterocycles. The number of nitrogens with one attached hydrogen (secondary N) is 2. The molecule has 1 aromatic carbocycles. The van der Waals surface area contributed by atoms with E-state index in [0.717, 1.165) is 6.42 Å². The number of amides is 1. The molecule has 2 atom stereocenters. The number of ether oxygens (including phenoxy) is 2. The molecule has 0 saturated heterocycles. The molecule has 1 rings (SSSR count). The Morgan fingerprint density at radius 1 is 1.12 bits per heavy atom. The lowest BCUT2D eigenvalue weighted by molar-refractivity contribution is -0.124. The van der Waals surface area contributed by atoms with Crippen molar-refractivity contribution in [3.8, 4) is 0 Å². The number of rotatable bonds is 10. The summed E-state index contributed by atoms with van der Waals surface area (Å²) < 4.78 is 36.7. The van der Waals surface area contributed by atoms with E-state index in [1.807, 2.05) is 13.8 Å². The fourth-order valence-electron chi connectivity index (χ4n) is 2.02. The number of sulfonamides is 1. The van der Waals surface area contributed by atoms with Crippen molar-refractivity contribution in [1.82, 2.24) is 10.0 Å². The quantitative estimate of drug-likeness (QED) is 0.582. The molecule has 1 aromatic rings. The van der Waals surface area contributed by atoms with Gasteiger partial charge in [0, 0.05) is 19.2 Å². The van der Waals surface area contributed by atoms with Gasteiger partial charge in [0.2, 0.25) is 10.0 Å². The van der Waals surface area contributed by atoms with Gasteiger partial charge >= 0.3 is 5.97 Å². The Kier molecular flexibility index (Phi) is 8.70. The molecule has 0 unspecified atom stereocenters. The first kappa shape index (κ1) is 22.1. The highest BCUT2D eigenvalue weighted by molar-refractivity contribution is 7.89. The number of benzene rings is 1. The molecule has 2 N–H and O–H groups in total. The molecule has 0 spiro atoms. The van der Waals surface area contributed by atoms with Crippen LogP contribution in [0, 0.1) is 0 Å². The van der Waals surface area contributed by atoms with Crippen molar-refractivity contribution in [3.05, 3.63) is 29.8 Å². The van der Waals surface area contributed by atoms with Crippen molar-refractivity contribution in [1.29, 1.82) is 0 Å². The maximum atomic E-state index is 12.2. The molecule has 26 heavy (non-hydrogen) atoms. The number of carbonyl (C=O) groups excluding carboxylic acids is 2. The average molecular weight is 386 g/mol. The van der Waals surface area contributed by atoms with Crippen LogP contribution in [0.5, 0.6) is 0 Å². The zero-order valence-electron chi connectivity index (χ0n) is 15.4. The maximum Gasteiger partial charge on any atom is 0.338 e. The second-order valence-corrected chi connectivity index (χ2v) is 7.67. The van der Waals surface area contributed by atoms with Gasteiger partial charge in [-0.1, -0.05) is 6.92 Å². The van der Waals surface area contributed by atoms with Crippen LogP contribution in [0.3, 0.4) is 0 Å². The summed E-state index contributed by atoms with van der Waals surface area (Å²) in [6, 6.07) is 4.89. The maximum absolute atomic E-state index is 12.2. The predicted octanol–water partition coefficient (Wildman–Crippen LogP) is 1.07. The molecule has 0 aliphatic rings. The smallest absolute Gasteiger partial charge is 0.338 e. The number of esters is 1. The van der Waals surface area contributed by atoms with E-state index in [9.17, 15) is 18.0 Å². The first-order valence-electron chi connectivity index (χ1n) is 8.27. The molecule has 9 heteroatoms. The van der Waals surface area contributed by atoms with E-state index in [0.29, 0.717) is 0 Å². The monoisotopic (exact) mass is 386 g/mol.